The minimum Gasteiger partial charge on any atom is -0.496 e. The number of anilines is 1. The number of methoxy groups -OCH3 is 1. The van der Waals surface area contributed by atoms with Crippen molar-refractivity contribution in [1.82, 2.24) is 0 Å². The zero-order valence-electron chi connectivity index (χ0n) is 27.6. The second kappa shape index (κ2) is 16.6. The molecule has 11 heteroatoms. The number of aryl methyl sites for hydroxylation is 2. The number of allylic oxidation sites excluding steroid dienone is 2. The molecule has 0 saturated heterocycles. The van der Waals surface area contributed by atoms with Gasteiger partial charge in [-0.2, -0.15) is 0 Å². The van der Waals surface area contributed by atoms with Gasteiger partial charge in [-0.15, -0.1) is 0 Å². The first-order valence-electron chi connectivity index (χ1n) is 15.2. The summed E-state index contributed by atoms with van der Waals surface area (Å²) >= 11 is 0. The van der Waals surface area contributed by atoms with Gasteiger partial charge in [0.1, 0.15) is 5.75 Å². The standard InChI is InChI=1S/C16H19NO3.C10H16O4.C10H10O3/c1-10-7-8-12(9-11(10)2)17-15(18)13-5-3-4-6-14(13)16(19)20;1-9(2)6(7(11)12)4-5-10(9,3)8(13)14;1-13-9-5-3-2-4-8(9)6-7-10(11)12/h3-4,7-9,13-14H,5-6H2,1-2H3,(H,17,18)(H,19,20);6H,4-5H2,1-3H3,(H,11,12)(H,13,14);2-7H,1H3,(H,11,12)/t;6-,10+;/m.0./s1. The molecular formula is C36H45NO10. The minimum absolute atomic E-state index is 0.218. The number of ether oxygens (including phenoxy) is 1. The van der Waals surface area contributed by atoms with Crippen LogP contribution in [0.1, 0.15) is 63.1 Å². The number of hydrogen-bond acceptors (Lipinski definition) is 6. The van der Waals surface area contributed by atoms with Crippen LogP contribution in [0, 0.1) is 42.4 Å². The fourth-order valence-electron chi connectivity index (χ4n) is 5.71. The number of rotatable bonds is 8. The van der Waals surface area contributed by atoms with Crippen molar-refractivity contribution in [3.63, 3.8) is 0 Å². The van der Waals surface area contributed by atoms with E-state index in [1.54, 1.807) is 40.0 Å². The van der Waals surface area contributed by atoms with Crippen LogP contribution in [0.2, 0.25) is 0 Å². The SMILES string of the molecule is CC1(C)[C@H](C(=O)O)CC[C@]1(C)C(=O)O.COc1ccccc1C=CC(=O)O.Cc1ccc(NC(=O)C2CC=CCC2C(=O)O)cc1C. The van der Waals surface area contributed by atoms with Crippen LogP contribution in [0.3, 0.4) is 0 Å². The third-order valence-electron chi connectivity index (χ3n) is 9.40. The molecule has 0 bridgehead atoms. The van der Waals surface area contributed by atoms with E-state index in [0.29, 0.717) is 31.4 Å². The fraction of sp³-hybridized carbons (Fsp3) is 0.417. The van der Waals surface area contributed by atoms with Gasteiger partial charge in [0.15, 0.2) is 0 Å². The number of carbonyl (C=O) groups excluding carboxylic acids is 1. The van der Waals surface area contributed by atoms with Gasteiger partial charge in [-0.1, -0.05) is 50.3 Å². The molecule has 1 amide bonds. The van der Waals surface area contributed by atoms with Crippen LogP contribution in [0.15, 0.2) is 60.7 Å². The molecule has 0 aliphatic heterocycles. The zero-order chi connectivity index (χ0) is 35.5. The molecule has 5 N–H and O–H groups in total. The molecule has 0 radical (unpaired) electrons. The van der Waals surface area contributed by atoms with E-state index >= 15 is 0 Å². The molecule has 0 aromatic heterocycles. The van der Waals surface area contributed by atoms with Gasteiger partial charge in [0.2, 0.25) is 5.91 Å². The van der Waals surface area contributed by atoms with Gasteiger partial charge in [0.05, 0.1) is 30.3 Å². The first-order valence-corrected chi connectivity index (χ1v) is 15.2. The number of aliphatic carboxylic acids is 4. The van der Waals surface area contributed by atoms with E-state index in [9.17, 15) is 29.1 Å². The van der Waals surface area contributed by atoms with Crippen LogP contribution >= 0.6 is 0 Å². The van der Waals surface area contributed by atoms with Gasteiger partial charge < -0.3 is 30.5 Å². The van der Waals surface area contributed by atoms with Crippen molar-refractivity contribution in [3.8, 4) is 5.75 Å². The summed E-state index contributed by atoms with van der Waals surface area (Å²) in [4.78, 5) is 55.8. The lowest BCUT2D eigenvalue weighted by Gasteiger charge is -2.36. The molecule has 4 rings (SSSR count). The average molecular weight is 652 g/mol. The largest absolute Gasteiger partial charge is 0.496 e. The Hall–Kier alpha value is -4.93. The average Bonchev–Trinajstić information content (AvgIpc) is 3.27. The molecule has 2 aliphatic rings. The Kier molecular flexibility index (Phi) is 13.5. The van der Waals surface area contributed by atoms with Crippen molar-refractivity contribution in [2.24, 2.45) is 28.6 Å². The third-order valence-corrected chi connectivity index (χ3v) is 9.40. The van der Waals surface area contributed by atoms with Gasteiger partial charge in [0, 0.05) is 17.3 Å². The third kappa shape index (κ3) is 9.78. The molecule has 2 aliphatic carbocycles. The van der Waals surface area contributed by atoms with Crippen LogP contribution in [0.5, 0.6) is 5.75 Å². The maximum absolute atomic E-state index is 12.3. The summed E-state index contributed by atoms with van der Waals surface area (Å²) in [7, 11) is 1.55. The lowest BCUT2D eigenvalue weighted by atomic mass is 9.66. The van der Waals surface area contributed by atoms with Crippen molar-refractivity contribution in [3.05, 3.63) is 77.4 Å². The molecule has 47 heavy (non-hydrogen) atoms. The van der Waals surface area contributed by atoms with E-state index in [1.807, 2.05) is 56.3 Å². The quantitative estimate of drug-likeness (QED) is 0.160. The summed E-state index contributed by atoms with van der Waals surface area (Å²) in [6.45, 7) is 9.08. The summed E-state index contributed by atoms with van der Waals surface area (Å²) in [6, 6.07) is 12.9. The highest BCUT2D eigenvalue weighted by Crippen LogP contribution is 2.56. The van der Waals surface area contributed by atoms with Gasteiger partial charge >= 0.3 is 23.9 Å². The molecule has 0 spiro atoms. The molecule has 1 fully saturated rings. The lowest BCUT2D eigenvalue weighted by Crippen LogP contribution is -2.42. The van der Waals surface area contributed by atoms with Crippen molar-refractivity contribution in [2.45, 2.75) is 60.3 Å². The van der Waals surface area contributed by atoms with Gasteiger partial charge in [-0.25, -0.2) is 4.79 Å². The van der Waals surface area contributed by atoms with Crippen LogP contribution < -0.4 is 10.1 Å². The topological polar surface area (TPSA) is 188 Å². The molecular weight excluding hydrogens is 606 g/mol. The summed E-state index contributed by atoms with van der Waals surface area (Å²) < 4.78 is 5.03. The Bertz CT molecular complexity index is 1530. The smallest absolute Gasteiger partial charge is 0.328 e. The molecule has 4 atom stereocenters. The van der Waals surface area contributed by atoms with Crippen molar-refractivity contribution in [1.29, 1.82) is 0 Å². The Morgan fingerprint density at radius 3 is 1.96 bits per heavy atom. The highest BCUT2D eigenvalue weighted by atomic mass is 16.5. The summed E-state index contributed by atoms with van der Waals surface area (Å²) in [6.07, 6.45) is 8.08. The molecule has 2 aromatic carbocycles. The van der Waals surface area contributed by atoms with E-state index < -0.39 is 52.5 Å². The van der Waals surface area contributed by atoms with E-state index in [0.717, 1.165) is 28.5 Å². The highest BCUT2D eigenvalue weighted by molar-refractivity contribution is 5.95. The maximum Gasteiger partial charge on any atom is 0.328 e. The number of para-hydroxylation sites is 1. The number of amides is 1. The number of carbonyl (C=O) groups is 5. The monoisotopic (exact) mass is 651 g/mol. The number of benzene rings is 2. The second-order valence-corrected chi connectivity index (χ2v) is 12.5. The molecule has 254 valence electrons. The lowest BCUT2D eigenvalue weighted by molar-refractivity contribution is -0.157. The predicted octanol–water partition coefficient (Wildman–Crippen LogP) is 6.30. The molecule has 1 saturated carbocycles. The Labute approximate surface area is 275 Å². The number of nitrogens with one attached hydrogen (secondary N) is 1. The molecule has 2 unspecified atom stereocenters. The molecule has 0 heterocycles. The van der Waals surface area contributed by atoms with Crippen LogP contribution in [0.4, 0.5) is 5.69 Å². The van der Waals surface area contributed by atoms with E-state index in [2.05, 4.69) is 5.32 Å². The number of carboxylic acids is 4. The Balaban J connectivity index is 0.000000253. The van der Waals surface area contributed by atoms with E-state index in [1.165, 1.54) is 6.08 Å². The first-order chi connectivity index (χ1) is 22.0. The van der Waals surface area contributed by atoms with E-state index in [-0.39, 0.29) is 5.91 Å². The zero-order valence-corrected chi connectivity index (χ0v) is 27.6. The summed E-state index contributed by atoms with van der Waals surface area (Å²) in [5.41, 5.74) is 2.12. The fourth-order valence-corrected chi connectivity index (χ4v) is 5.71. The Morgan fingerprint density at radius 2 is 1.47 bits per heavy atom. The maximum atomic E-state index is 12.3. The van der Waals surface area contributed by atoms with Crippen LogP contribution in [-0.4, -0.2) is 57.3 Å². The van der Waals surface area contributed by atoms with Gasteiger partial charge in [0.25, 0.3) is 0 Å². The number of carboxylic acid groups (broad SMARTS) is 4. The summed E-state index contributed by atoms with van der Waals surface area (Å²) in [5, 5.41) is 38.5. The first kappa shape index (κ1) is 38.3. The molecule has 11 nitrogen and oxygen atoms in total. The van der Waals surface area contributed by atoms with Crippen molar-refractivity contribution >= 4 is 41.5 Å². The number of hydrogen-bond donors (Lipinski definition) is 5. The highest BCUT2D eigenvalue weighted by Gasteiger charge is 2.58. The molecule has 2 aromatic rings. The van der Waals surface area contributed by atoms with Gasteiger partial charge in [-0.05, 0) is 87.3 Å². The van der Waals surface area contributed by atoms with E-state index in [4.69, 9.17) is 20.1 Å². The van der Waals surface area contributed by atoms with Crippen molar-refractivity contribution in [2.75, 3.05) is 12.4 Å². The predicted molar refractivity (Wildman–Crippen MR) is 177 cm³/mol. The van der Waals surface area contributed by atoms with Gasteiger partial charge in [-0.3, -0.25) is 19.2 Å². The van der Waals surface area contributed by atoms with Crippen LogP contribution in [-0.2, 0) is 24.0 Å². The van der Waals surface area contributed by atoms with Crippen LogP contribution in [0.25, 0.3) is 6.08 Å². The summed E-state index contributed by atoms with van der Waals surface area (Å²) in [5.74, 6) is -4.90. The van der Waals surface area contributed by atoms with Crippen molar-refractivity contribution < 1.29 is 49.1 Å². The Morgan fingerprint density at radius 1 is 0.851 bits per heavy atom. The second-order valence-electron chi connectivity index (χ2n) is 12.5. The minimum atomic E-state index is -0.967. The normalized spacial score (nSPS) is 22.6.